The first-order chi connectivity index (χ1) is 12.5. The molecule has 5 nitrogen and oxygen atoms in total. The molecule has 0 radical (unpaired) electrons. The molecule has 3 rings (SSSR count). The monoisotopic (exact) mass is 388 g/mol. The van der Waals surface area contributed by atoms with Crippen molar-refractivity contribution in [2.45, 2.75) is 6.92 Å². The summed E-state index contributed by atoms with van der Waals surface area (Å²) in [5, 5.41) is 3.80. The smallest absolute Gasteiger partial charge is 0.339 e. The van der Waals surface area contributed by atoms with E-state index in [4.69, 9.17) is 27.9 Å². The number of carbonyl (C=O) groups excluding carboxylic acids is 2. The number of amides is 1. The fourth-order valence-corrected chi connectivity index (χ4v) is 2.97. The predicted molar refractivity (Wildman–Crippen MR) is 102 cm³/mol. The van der Waals surface area contributed by atoms with Crippen LogP contribution in [0, 0.1) is 6.92 Å². The van der Waals surface area contributed by atoms with Crippen molar-refractivity contribution in [1.82, 2.24) is 4.98 Å². The van der Waals surface area contributed by atoms with Gasteiger partial charge in [0.1, 0.15) is 0 Å². The van der Waals surface area contributed by atoms with Crippen LogP contribution in [0.3, 0.4) is 0 Å². The maximum Gasteiger partial charge on any atom is 0.339 e. The number of nitrogens with one attached hydrogen (secondary N) is 1. The highest BCUT2D eigenvalue weighted by Crippen LogP contribution is 2.29. The summed E-state index contributed by atoms with van der Waals surface area (Å²) >= 11 is 12.0. The molecule has 0 atom stereocenters. The normalized spacial score (nSPS) is 10.6. The molecule has 0 saturated heterocycles. The summed E-state index contributed by atoms with van der Waals surface area (Å²) in [4.78, 5) is 28.9. The minimum absolute atomic E-state index is 0.280. The lowest BCUT2D eigenvalue weighted by atomic mass is 10.1. The third-order valence-electron chi connectivity index (χ3n) is 3.63. The molecule has 0 saturated carbocycles. The highest BCUT2D eigenvalue weighted by Gasteiger charge is 2.16. The largest absolute Gasteiger partial charge is 0.452 e. The molecule has 1 amide bonds. The van der Waals surface area contributed by atoms with Gasteiger partial charge in [-0.25, -0.2) is 4.79 Å². The van der Waals surface area contributed by atoms with Crippen molar-refractivity contribution in [2.75, 3.05) is 11.9 Å². The number of ether oxygens (including phenoxy) is 1. The van der Waals surface area contributed by atoms with Crippen LogP contribution >= 0.6 is 23.2 Å². The van der Waals surface area contributed by atoms with Gasteiger partial charge >= 0.3 is 5.97 Å². The summed E-state index contributed by atoms with van der Waals surface area (Å²) in [6.45, 7) is 1.32. The molecule has 0 unspecified atom stereocenters. The molecule has 1 heterocycles. The third kappa shape index (κ3) is 3.95. The van der Waals surface area contributed by atoms with Crippen molar-refractivity contribution >= 4 is 51.7 Å². The van der Waals surface area contributed by atoms with Gasteiger partial charge in [0.25, 0.3) is 5.91 Å². The maximum absolute atomic E-state index is 12.4. The number of halogens is 2. The molecule has 0 spiro atoms. The highest BCUT2D eigenvalue weighted by atomic mass is 35.5. The Kier molecular flexibility index (Phi) is 5.40. The van der Waals surface area contributed by atoms with E-state index in [1.54, 1.807) is 37.3 Å². The van der Waals surface area contributed by atoms with Gasteiger partial charge in [0.2, 0.25) is 0 Å². The number of fused-ring (bicyclic) bond motifs is 1. The van der Waals surface area contributed by atoms with E-state index in [1.165, 1.54) is 0 Å². The number of carbonyl (C=O) groups is 2. The van der Waals surface area contributed by atoms with Crippen molar-refractivity contribution in [3.8, 4) is 0 Å². The first kappa shape index (κ1) is 18.2. The van der Waals surface area contributed by atoms with Gasteiger partial charge in [0, 0.05) is 11.1 Å². The molecule has 1 aromatic heterocycles. The van der Waals surface area contributed by atoms with Crippen LogP contribution < -0.4 is 5.32 Å². The molecule has 0 aliphatic rings. The first-order valence-corrected chi connectivity index (χ1v) is 8.48. The van der Waals surface area contributed by atoms with Gasteiger partial charge in [-0.1, -0.05) is 47.5 Å². The number of para-hydroxylation sites is 2. The summed E-state index contributed by atoms with van der Waals surface area (Å²) in [5.74, 6) is -1.14. The van der Waals surface area contributed by atoms with Crippen molar-refractivity contribution in [3.05, 3.63) is 69.8 Å². The number of hydrogen-bond donors (Lipinski definition) is 1. The number of anilines is 1. The van der Waals surface area contributed by atoms with Crippen LogP contribution in [-0.2, 0) is 9.53 Å². The summed E-state index contributed by atoms with van der Waals surface area (Å²) in [5.41, 5.74) is 2.01. The number of aryl methyl sites for hydroxylation is 1. The Morgan fingerprint density at radius 1 is 1.08 bits per heavy atom. The second-order valence-corrected chi connectivity index (χ2v) is 6.36. The molecule has 0 aliphatic carbocycles. The maximum atomic E-state index is 12.4. The molecule has 26 heavy (non-hydrogen) atoms. The molecule has 0 bridgehead atoms. The topological polar surface area (TPSA) is 68.3 Å². The second-order valence-electron chi connectivity index (χ2n) is 5.55. The minimum atomic E-state index is -0.605. The van der Waals surface area contributed by atoms with E-state index in [9.17, 15) is 9.59 Å². The van der Waals surface area contributed by atoms with Gasteiger partial charge < -0.3 is 10.1 Å². The van der Waals surface area contributed by atoms with E-state index in [2.05, 4.69) is 10.3 Å². The van der Waals surface area contributed by atoms with E-state index in [-0.39, 0.29) is 5.69 Å². The molecule has 0 aliphatic heterocycles. The molecule has 3 aromatic rings. The lowest BCUT2D eigenvalue weighted by Crippen LogP contribution is -2.21. The van der Waals surface area contributed by atoms with Crippen molar-refractivity contribution in [2.24, 2.45) is 0 Å². The number of nitrogens with zero attached hydrogens (tertiary/aromatic N) is 1. The summed E-state index contributed by atoms with van der Waals surface area (Å²) in [6.07, 6.45) is 0. The van der Waals surface area contributed by atoms with Crippen molar-refractivity contribution < 1.29 is 14.3 Å². The lowest BCUT2D eigenvalue weighted by Gasteiger charge is -2.10. The van der Waals surface area contributed by atoms with Crippen molar-refractivity contribution in [1.29, 1.82) is 0 Å². The van der Waals surface area contributed by atoms with E-state index >= 15 is 0 Å². The Bertz CT molecular complexity index is 985. The zero-order chi connectivity index (χ0) is 18.7. The Labute approximate surface area is 159 Å². The van der Waals surface area contributed by atoms with E-state index in [0.717, 1.165) is 0 Å². The Morgan fingerprint density at radius 3 is 2.50 bits per heavy atom. The average molecular weight is 389 g/mol. The standard InChI is InChI=1S/C19H14Cl2N2O3/c1-11-9-13(12-5-2-3-8-16(12)22-11)19(25)26-10-17(24)23-18-14(20)6-4-7-15(18)21/h2-9H,10H2,1H3,(H,23,24). The van der Waals surface area contributed by atoms with Crippen LogP contribution in [0.15, 0.2) is 48.5 Å². The Balaban J connectivity index is 1.72. The van der Waals surface area contributed by atoms with Crippen LogP contribution in [0.5, 0.6) is 0 Å². The molecule has 1 N–H and O–H groups in total. The van der Waals surface area contributed by atoms with Gasteiger partial charge in [0.05, 0.1) is 26.8 Å². The van der Waals surface area contributed by atoms with Crippen LogP contribution in [0.4, 0.5) is 5.69 Å². The third-order valence-corrected chi connectivity index (χ3v) is 4.26. The molecular formula is C19H14Cl2N2O3. The van der Waals surface area contributed by atoms with Crippen LogP contribution in [-0.4, -0.2) is 23.5 Å². The molecular weight excluding hydrogens is 375 g/mol. The summed E-state index contributed by atoms with van der Waals surface area (Å²) in [7, 11) is 0. The van der Waals surface area contributed by atoms with Gasteiger partial charge in [-0.15, -0.1) is 0 Å². The second kappa shape index (κ2) is 7.72. The quantitative estimate of drug-likeness (QED) is 0.660. The number of rotatable bonds is 4. The number of benzene rings is 2. The zero-order valence-corrected chi connectivity index (χ0v) is 15.3. The molecule has 132 valence electrons. The number of hydrogen-bond acceptors (Lipinski definition) is 4. The number of pyridine rings is 1. The molecule has 0 fully saturated rings. The Hall–Kier alpha value is -2.63. The van der Waals surface area contributed by atoms with E-state index in [1.807, 2.05) is 18.2 Å². The number of aromatic nitrogens is 1. The fourth-order valence-electron chi connectivity index (χ4n) is 2.48. The van der Waals surface area contributed by atoms with Crippen LogP contribution in [0.2, 0.25) is 10.0 Å². The molecule has 2 aromatic carbocycles. The molecule has 7 heteroatoms. The van der Waals surface area contributed by atoms with Gasteiger partial charge in [-0.05, 0) is 31.2 Å². The lowest BCUT2D eigenvalue weighted by molar-refractivity contribution is -0.119. The number of esters is 1. The summed E-state index contributed by atoms with van der Waals surface area (Å²) in [6, 6.07) is 13.7. The highest BCUT2D eigenvalue weighted by molar-refractivity contribution is 6.39. The minimum Gasteiger partial charge on any atom is -0.452 e. The van der Waals surface area contributed by atoms with E-state index < -0.39 is 18.5 Å². The first-order valence-electron chi connectivity index (χ1n) is 7.73. The fraction of sp³-hybridized carbons (Fsp3) is 0.105. The SMILES string of the molecule is Cc1cc(C(=O)OCC(=O)Nc2c(Cl)cccc2Cl)c2ccccc2n1. The van der Waals surface area contributed by atoms with Crippen molar-refractivity contribution in [3.63, 3.8) is 0 Å². The predicted octanol–water partition coefficient (Wildman–Crippen LogP) is 4.65. The van der Waals surface area contributed by atoms with Crippen LogP contribution in [0.25, 0.3) is 10.9 Å². The summed E-state index contributed by atoms with van der Waals surface area (Å²) < 4.78 is 5.14. The van der Waals surface area contributed by atoms with Crippen LogP contribution in [0.1, 0.15) is 16.1 Å². The van der Waals surface area contributed by atoms with Gasteiger partial charge in [-0.3, -0.25) is 9.78 Å². The zero-order valence-electron chi connectivity index (χ0n) is 13.8. The van der Waals surface area contributed by atoms with E-state index in [0.29, 0.717) is 32.2 Å². The average Bonchev–Trinajstić information content (AvgIpc) is 2.62. The Morgan fingerprint density at radius 2 is 1.77 bits per heavy atom. The van der Waals surface area contributed by atoms with Gasteiger partial charge in [-0.2, -0.15) is 0 Å². The van der Waals surface area contributed by atoms with Gasteiger partial charge in [0.15, 0.2) is 6.61 Å².